The first-order valence-corrected chi connectivity index (χ1v) is 8.41. The molecule has 1 aliphatic heterocycles. The summed E-state index contributed by atoms with van der Waals surface area (Å²) in [6, 6.07) is 0.499. The molecule has 0 aromatic carbocycles. The summed E-state index contributed by atoms with van der Waals surface area (Å²) in [5, 5.41) is 8.72. The average molecular weight is 279 g/mol. The zero-order valence-electron chi connectivity index (χ0n) is 12.3. The van der Waals surface area contributed by atoms with Gasteiger partial charge in [0, 0.05) is 10.9 Å². The highest BCUT2D eigenvalue weighted by Gasteiger charge is 2.43. The predicted octanol–water partition coefficient (Wildman–Crippen LogP) is 2.45. The summed E-state index contributed by atoms with van der Waals surface area (Å²) >= 11 is 1.97. The molecule has 1 saturated heterocycles. The van der Waals surface area contributed by atoms with Gasteiger partial charge in [0.25, 0.3) is 0 Å². The number of piperidine rings is 1. The van der Waals surface area contributed by atoms with E-state index in [-0.39, 0.29) is 5.54 Å². The molecule has 2 atom stereocenters. The van der Waals surface area contributed by atoms with Crippen LogP contribution in [-0.2, 0) is 18.4 Å². The van der Waals surface area contributed by atoms with Crippen molar-refractivity contribution in [1.29, 1.82) is 0 Å². The number of aromatic nitrogens is 1. The minimum atomic E-state index is 0.0917. The molecule has 2 N–H and O–H groups in total. The van der Waals surface area contributed by atoms with E-state index in [0.717, 1.165) is 19.5 Å². The van der Waals surface area contributed by atoms with Crippen LogP contribution in [0.4, 0.5) is 0 Å². The van der Waals surface area contributed by atoms with Gasteiger partial charge in [-0.1, -0.05) is 6.92 Å². The standard InChI is InChI=1S/C15H25N3S/c1-10(2)18-15(7-8-16-9-11(15)3)14-17-12-5-4-6-13(12)19-14/h10-11,16,18H,4-9H2,1-3H3. The molecule has 3 nitrogen and oxygen atoms in total. The molecule has 1 fully saturated rings. The van der Waals surface area contributed by atoms with Gasteiger partial charge in [0.05, 0.1) is 11.2 Å². The molecular formula is C15H25N3S. The highest BCUT2D eigenvalue weighted by Crippen LogP contribution is 2.40. The molecule has 4 heteroatoms. The number of thiazole rings is 1. The molecule has 1 aromatic rings. The van der Waals surface area contributed by atoms with Crippen molar-refractivity contribution in [2.24, 2.45) is 5.92 Å². The molecule has 2 unspecified atom stereocenters. The Kier molecular flexibility index (Phi) is 3.67. The lowest BCUT2D eigenvalue weighted by Gasteiger charge is -2.43. The number of fused-ring (bicyclic) bond motifs is 1. The van der Waals surface area contributed by atoms with Crippen molar-refractivity contribution in [3.05, 3.63) is 15.6 Å². The van der Waals surface area contributed by atoms with Gasteiger partial charge < -0.3 is 10.6 Å². The highest BCUT2D eigenvalue weighted by molar-refractivity contribution is 7.12. The van der Waals surface area contributed by atoms with E-state index in [9.17, 15) is 0 Å². The Morgan fingerprint density at radius 1 is 1.42 bits per heavy atom. The average Bonchev–Trinajstić information content (AvgIpc) is 2.92. The van der Waals surface area contributed by atoms with Crippen LogP contribution in [-0.4, -0.2) is 24.1 Å². The van der Waals surface area contributed by atoms with Crippen LogP contribution in [0.5, 0.6) is 0 Å². The number of aryl methyl sites for hydroxylation is 2. The molecule has 0 bridgehead atoms. The first-order valence-electron chi connectivity index (χ1n) is 7.59. The quantitative estimate of drug-likeness (QED) is 0.892. The Labute approximate surface area is 120 Å². The van der Waals surface area contributed by atoms with E-state index in [1.165, 1.54) is 30.0 Å². The van der Waals surface area contributed by atoms with E-state index in [1.54, 1.807) is 4.88 Å². The van der Waals surface area contributed by atoms with Gasteiger partial charge in [-0.2, -0.15) is 0 Å². The van der Waals surface area contributed by atoms with Crippen molar-refractivity contribution in [2.75, 3.05) is 13.1 Å². The van der Waals surface area contributed by atoms with Gasteiger partial charge in [-0.15, -0.1) is 11.3 Å². The zero-order chi connectivity index (χ0) is 13.5. The molecular weight excluding hydrogens is 254 g/mol. The Hall–Kier alpha value is -0.450. The van der Waals surface area contributed by atoms with Gasteiger partial charge in [0.1, 0.15) is 5.01 Å². The second-order valence-corrected chi connectivity index (χ2v) is 7.45. The van der Waals surface area contributed by atoms with Crippen LogP contribution >= 0.6 is 11.3 Å². The third kappa shape index (κ3) is 2.34. The van der Waals surface area contributed by atoms with Crippen LogP contribution in [0.1, 0.15) is 49.2 Å². The van der Waals surface area contributed by atoms with Gasteiger partial charge in [-0.25, -0.2) is 4.98 Å². The van der Waals surface area contributed by atoms with Gasteiger partial charge in [-0.3, -0.25) is 0 Å². The highest BCUT2D eigenvalue weighted by atomic mass is 32.1. The predicted molar refractivity (Wildman–Crippen MR) is 80.7 cm³/mol. The third-order valence-electron chi connectivity index (χ3n) is 4.51. The van der Waals surface area contributed by atoms with Crippen LogP contribution in [0, 0.1) is 5.92 Å². The fourth-order valence-corrected chi connectivity index (χ4v) is 4.96. The minimum Gasteiger partial charge on any atom is -0.316 e. The lowest BCUT2D eigenvalue weighted by Crippen LogP contribution is -2.57. The topological polar surface area (TPSA) is 37.0 Å². The molecule has 1 aliphatic carbocycles. The fourth-order valence-electron chi connectivity index (χ4n) is 3.51. The first kappa shape index (κ1) is 13.5. The first-order chi connectivity index (χ1) is 9.12. The maximum absolute atomic E-state index is 5.02. The smallest absolute Gasteiger partial charge is 0.114 e. The van der Waals surface area contributed by atoms with Crippen LogP contribution in [0.15, 0.2) is 0 Å². The number of hydrogen-bond donors (Lipinski definition) is 2. The van der Waals surface area contributed by atoms with Gasteiger partial charge in [0.2, 0.25) is 0 Å². The van der Waals surface area contributed by atoms with Crippen molar-refractivity contribution in [2.45, 2.75) is 58.0 Å². The SMILES string of the molecule is CC(C)NC1(c2nc3c(s2)CCC3)CCNCC1C. The van der Waals surface area contributed by atoms with E-state index in [2.05, 4.69) is 31.4 Å². The molecule has 2 heterocycles. The summed E-state index contributed by atoms with van der Waals surface area (Å²) in [6.45, 7) is 9.03. The second kappa shape index (κ2) is 5.15. The Morgan fingerprint density at radius 3 is 2.95 bits per heavy atom. The Balaban J connectivity index is 1.97. The van der Waals surface area contributed by atoms with E-state index < -0.39 is 0 Å². The summed E-state index contributed by atoms with van der Waals surface area (Å²) in [5.41, 5.74) is 1.48. The largest absolute Gasteiger partial charge is 0.316 e. The van der Waals surface area contributed by atoms with Crippen molar-refractivity contribution in [3.8, 4) is 0 Å². The molecule has 0 amide bonds. The molecule has 3 rings (SSSR count). The van der Waals surface area contributed by atoms with Crippen molar-refractivity contribution in [3.63, 3.8) is 0 Å². The number of nitrogens with zero attached hydrogens (tertiary/aromatic N) is 1. The zero-order valence-corrected chi connectivity index (χ0v) is 13.1. The van der Waals surface area contributed by atoms with Crippen LogP contribution < -0.4 is 10.6 Å². The van der Waals surface area contributed by atoms with Crippen LogP contribution in [0.25, 0.3) is 0 Å². The van der Waals surface area contributed by atoms with E-state index in [4.69, 9.17) is 4.98 Å². The normalized spacial score (nSPS) is 30.8. The lowest BCUT2D eigenvalue weighted by atomic mass is 9.79. The van der Waals surface area contributed by atoms with Crippen LogP contribution in [0.2, 0.25) is 0 Å². The van der Waals surface area contributed by atoms with E-state index in [0.29, 0.717) is 12.0 Å². The van der Waals surface area contributed by atoms with Crippen molar-refractivity contribution < 1.29 is 0 Å². The maximum Gasteiger partial charge on any atom is 0.114 e. The molecule has 0 saturated carbocycles. The molecule has 106 valence electrons. The second-order valence-electron chi connectivity index (χ2n) is 6.37. The van der Waals surface area contributed by atoms with Gasteiger partial charge >= 0.3 is 0 Å². The van der Waals surface area contributed by atoms with Gasteiger partial charge in [-0.05, 0) is 58.5 Å². The number of hydrogen-bond acceptors (Lipinski definition) is 4. The molecule has 1 aromatic heterocycles. The number of nitrogens with one attached hydrogen (secondary N) is 2. The molecule has 2 aliphatic rings. The van der Waals surface area contributed by atoms with Crippen molar-refractivity contribution >= 4 is 11.3 Å². The summed E-state index contributed by atoms with van der Waals surface area (Å²) in [5.74, 6) is 0.593. The van der Waals surface area contributed by atoms with Crippen molar-refractivity contribution in [1.82, 2.24) is 15.6 Å². The summed E-state index contributed by atoms with van der Waals surface area (Å²) < 4.78 is 0. The number of rotatable bonds is 3. The minimum absolute atomic E-state index is 0.0917. The van der Waals surface area contributed by atoms with E-state index >= 15 is 0 Å². The van der Waals surface area contributed by atoms with E-state index in [1.807, 2.05) is 11.3 Å². The maximum atomic E-state index is 5.02. The summed E-state index contributed by atoms with van der Waals surface area (Å²) in [7, 11) is 0. The third-order valence-corrected chi connectivity index (χ3v) is 5.85. The summed E-state index contributed by atoms with van der Waals surface area (Å²) in [6.07, 6.45) is 4.89. The fraction of sp³-hybridized carbons (Fsp3) is 0.800. The Bertz CT molecular complexity index is 433. The van der Waals surface area contributed by atoms with Crippen LogP contribution in [0.3, 0.4) is 0 Å². The van der Waals surface area contributed by atoms with Gasteiger partial charge in [0.15, 0.2) is 0 Å². The molecule has 0 radical (unpaired) electrons. The molecule has 19 heavy (non-hydrogen) atoms. The summed E-state index contributed by atoms with van der Waals surface area (Å²) in [4.78, 5) is 6.57. The Morgan fingerprint density at radius 2 is 2.26 bits per heavy atom. The molecule has 0 spiro atoms. The lowest BCUT2D eigenvalue weighted by molar-refractivity contribution is 0.154. The monoisotopic (exact) mass is 279 g/mol.